The smallest absolute Gasteiger partial charge is 0.338 e. The Bertz CT molecular complexity index is 734. The predicted octanol–water partition coefficient (Wildman–Crippen LogP) is 3.99. The number of halogens is 2. The highest BCUT2D eigenvalue weighted by Gasteiger charge is 2.23. The van der Waals surface area contributed by atoms with Gasteiger partial charge in [-0.05, 0) is 28.1 Å². The molecule has 0 radical (unpaired) electrons. The van der Waals surface area contributed by atoms with E-state index in [1.54, 1.807) is 18.2 Å². The number of carboxylic acid groups (broad SMARTS) is 1. The molecule has 0 unspecified atom stereocenters. The average Bonchev–Trinajstić information content (AvgIpc) is 2.42. The summed E-state index contributed by atoms with van der Waals surface area (Å²) < 4.78 is 19.4. The van der Waals surface area contributed by atoms with Crippen molar-refractivity contribution >= 4 is 27.6 Å². The average molecular weight is 356 g/mol. The zero-order valence-electron chi connectivity index (χ0n) is 10.2. The van der Waals surface area contributed by atoms with Gasteiger partial charge in [-0.1, -0.05) is 12.1 Å². The van der Waals surface area contributed by atoms with Crippen molar-refractivity contribution in [1.29, 1.82) is 0 Å². The Kier molecular flexibility index (Phi) is 4.18. The maximum absolute atomic E-state index is 13.5. The number of hydrogen-bond donors (Lipinski definition) is 1. The molecule has 0 fully saturated rings. The third kappa shape index (κ3) is 3.16. The summed E-state index contributed by atoms with van der Waals surface area (Å²) in [6, 6.07) is 7.82. The first kappa shape index (κ1) is 14.9. The van der Waals surface area contributed by atoms with Crippen LogP contribution in [-0.4, -0.2) is 16.0 Å². The fourth-order valence-electron chi connectivity index (χ4n) is 1.58. The van der Waals surface area contributed by atoms with Crippen molar-refractivity contribution in [3.05, 3.63) is 62.4 Å². The number of carbonyl (C=O) groups is 1. The topological polar surface area (TPSA) is 89.7 Å². The first-order valence-electron chi connectivity index (χ1n) is 5.53. The van der Waals surface area contributed by atoms with Gasteiger partial charge in [0.15, 0.2) is 0 Å². The van der Waals surface area contributed by atoms with E-state index in [4.69, 9.17) is 9.84 Å². The van der Waals surface area contributed by atoms with Crippen LogP contribution in [0.2, 0.25) is 0 Å². The quantitative estimate of drug-likeness (QED) is 0.661. The van der Waals surface area contributed by atoms with Crippen LogP contribution in [0.3, 0.4) is 0 Å². The van der Waals surface area contributed by atoms with Gasteiger partial charge in [-0.3, -0.25) is 10.1 Å². The molecule has 2 aromatic rings. The van der Waals surface area contributed by atoms with Crippen LogP contribution >= 0.6 is 15.9 Å². The Hall–Kier alpha value is -2.48. The standard InChI is InChI=1S/C13H7BrFNO5/c14-8-3-1-2-4-11(8)21-12-5-7(13(17)18)9(15)6-10(12)16(19)20/h1-6H,(H,17,18). The number of nitro groups is 1. The van der Waals surface area contributed by atoms with Gasteiger partial charge in [-0.15, -0.1) is 0 Å². The summed E-state index contributed by atoms with van der Waals surface area (Å²) in [5.41, 5.74) is -1.36. The lowest BCUT2D eigenvalue weighted by atomic mass is 10.1. The van der Waals surface area contributed by atoms with Gasteiger partial charge >= 0.3 is 11.7 Å². The first-order chi connectivity index (χ1) is 9.90. The van der Waals surface area contributed by atoms with E-state index in [0.29, 0.717) is 10.5 Å². The molecule has 0 heterocycles. The van der Waals surface area contributed by atoms with E-state index in [1.807, 2.05) is 0 Å². The number of nitro benzene ring substituents is 1. The Morgan fingerprint density at radius 2 is 1.95 bits per heavy atom. The van der Waals surface area contributed by atoms with Crippen LogP contribution in [0.15, 0.2) is 40.9 Å². The monoisotopic (exact) mass is 355 g/mol. The lowest BCUT2D eigenvalue weighted by Gasteiger charge is -2.09. The van der Waals surface area contributed by atoms with Gasteiger partial charge < -0.3 is 9.84 Å². The summed E-state index contributed by atoms with van der Waals surface area (Å²) in [6.45, 7) is 0. The molecule has 0 saturated carbocycles. The second kappa shape index (κ2) is 5.88. The highest BCUT2D eigenvalue weighted by Crippen LogP contribution is 2.36. The van der Waals surface area contributed by atoms with Crippen molar-refractivity contribution in [3.63, 3.8) is 0 Å². The predicted molar refractivity (Wildman–Crippen MR) is 74.2 cm³/mol. The fourth-order valence-corrected chi connectivity index (χ4v) is 1.94. The lowest BCUT2D eigenvalue weighted by molar-refractivity contribution is -0.385. The fraction of sp³-hybridized carbons (Fsp3) is 0. The van der Waals surface area contributed by atoms with Crippen LogP contribution in [-0.2, 0) is 0 Å². The van der Waals surface area contributed by atoms with Crippen LogP contribution in [0.4, 0.5) is 10.1 Å². The molecule has 0 aliphatic rings. The van der Waals surface area contributed by atoms with Gasteiger partial charge in [0, 0.05) is 6.07 Å². The number of rotatable bonds is 4. The Morgan fingerprint density at radius 1 is 1.29 bits per heavy atom. The van der Waals surface area contributed by atoms with E-state index in [0.717, 1.165) is 6.07 Å². The number of aromatic carboxylic acids is 1. The van der Waals surface area contributed by atoms with E-state index in [1.165, 1.54) is 6.07 Å². The van der Waals surface area contributed by atoms with E-state index < -0.39 is 28.0 Å². The molecule has 0 amide bonds. The maximum atomic E-state index is 13.5. The summed E-state index contributed by atoms with van der Waals surface area (Å²) in [5, 5.41) is 19.8. The molecule has 1 N–H and O–H groups in total. The summed E-state index contributed by atoms with van der Waals surface area (Å²) >= 11 is 3.19. The van der Waals surface area contributed by atoms with Gasteiger partial charge in [-0.25, -0.2) is 9.18 Å². The van der Waals surface area contributed by atoms with E-state index >= 15 is 0 Å². The van der Waals surface area contributed by atoms with Crippen LogP contribution in [0, 0.1) is 15.9 Å². The highest BCUT2D eigenvalue weighted by atomic mass is 79.9. The number of hydrogen-bond acceptors (Lipinski definition) is 4. The highest BCUT2D eigenvalue weighted by molar-refractivity contribution is 9.10. The number of ether oxygens (including phenoxy) is 1. The Balaban J connectivity index is 2.55. The molecule has 0 saturated heterocycles. The minimum absolute atomic E-state index is 0.239. The van der Waals surface area contributed by atoms with Crippen molar-refractivity contribution in [2.24, 2.45) is 0 Å². The van der Waals surface area contributed by atoms with Crippen molar-refractivity contribution in [2.45, 2.75) is 0 Å². The zero-order chi connectivity index (χ0) is 15.6. The molecule has 8 heteroatoms. The van der Waals surface area contributed by atoms with E-state index in [9.17, 15) is 19.3 Å². The van der Waals surface area contributed by atoms with Gasteiger partial charge in [-0.2, -0.15) is 0 Å². The van der Waals surface area contributed by atoms with Crippen molar-refractivity contribution in [2.75, 3.05) is 0 Å². The summed E-state index contributed by atoms with van der Waals surface area (Å²) in [7, 11) is 0. The van der Waals surface area contributed by atoms with Crippen molar-refractivity contribution in [3.8, 4) is 11.5 Å². The van der Waals surface area contributed by atoms with Crippen LogP contribution in [0.5, 0.6) is 11.5 Å². The van der Waals surface area contributed by atoms with Crippen molar-refractivity contribution < 1.29 is 24.0 Å². The van der Waals surface area contributed by atoms with Gasteiger partial charge in [0.05, 0.1) is 21.0 Å². The number of nitrogens with zero attached hydrogens (tertiary/aromatic N) is 1. The maximum Gasteiger partial charge on any atom is 0.338 e. The molecule has 108 valence electrons. The normalized spacial score (nSPS) is 10.2. The van der Waals surface area contributed by atoms with Gasteiger partial charge in [0.25, 0.3) is 0 Å². The van der Waals surface area contributed by atoms with Crippen LogP contribution in [0.25, 0.3) is 0 Å². The molecule has 6 nitrogen and oxygen atoms in total. The number of para-hydroxylation sites is 1. The van der Waals surface area contributed by atoms with Crippen LogP contribution < -0.4 is 4.74 Å². The minimum Gasteiger partial charge on any atom is -0.478 e. The second-order valence-corrected chi connectivity index (χ2v) is 4.75. The molecule has 0 aromatic heterocycles. The SMILES string of the molecule is O=C(O)c1cc(Oc2ccccc2Br)c([N+](=O)[O-])cc1F. The first-order valence-corrected chi connectivity index (χ1v) is 6.33. The van der Waals surface area contributed by atoms with Gasteiger partial charge in [0.2, 0.25) is 5.75 Å². The van der Waals surface area contributed by atoms with Crippen molar-refractivity contribution in [1.82, 2.24) is 0 Å². The van der Waals surface area contributed by atoms with E-state index in [2.05, 4.69) is 15.9 Å². The molecule has 0 aliphatic heterocycles. The molecule has 0 aliphatic carbocycles. The summed E-state index contributed by atoms with van der Waals surface area (Å²) in [5.74, 6) is -2.86. The summed E-state index contributed by atoms with van der Waals surface area (Å²) in [4.78, 5) is 21.0. The molecule has 2 aromatic carbocycles. The molecular formula is C13H7BrFNO5. The summed E-state index contributed by atoms with van der Waals surface area (Å²) in [6.07, 6.45) is 0. The van der Waals surface area contributed by atoms with Gasteiger partial charge in [0.1, 0.15) is 11.6 Å². The number of benzene rings is 2. The van der Waals surface area contributed by atoms with E-state index in [-0.39, 0.29) is 11.5 Å². The molecular weight excluding hydrogens is 349 g/mol. The Morgan fingerprint density at radius 3 is 2.52 bits per heavy atom. The Labute approximate surface area is 126 Å². The zero-order valence-corrected chi connectivity index (χ0v) is 11.8. The molecule has 2 rings (SSSR count). The second-order valence-electron chi connectivity index (χ2n) is 3.89. The third-order valence-electron chi connectivity index (χ3n) is 2.53. The number of carboxylic acids is 1. The van der Waals surface area contributed by atoms with Crippen LogP contribution in [0.1, 0.15) is 10.4 Å². The minimum atomic E-state index is -1.54. The molecule has 0 bridgehead atoms. The molecule has 0 atom stereocenters. The lowest BCUT2D eigenvalue weighted by Crippen LogP contribution is -2.03. The third-order valence-corrected chi connectivity index (χ3v) is 3.19. The molecule has 21 heavy (non-hydrogen) atoms. The molecule has 0 spiro atoms. The largest absolute Gasteiger partial charge is 0.478 e.